The molecule has 0 aliphatic carbocycles. The molecule has 88 valence electrons. The van der Waals surface area contributed by atoms with E-state index < -0.39 is 0 Å². The molecule has 0 bridgehead atoms. The predicted molar refractivity (Wildman–Crippen MR) is 71.7 cm³/mol. The van der Waals surface area contributed by atoms with Crippen LogP contribution in [0.4, 0.5) is 4.39 Å². The lowest BCUT2D eigenvalue weighted by molar-refractivity contribution is 0.548. The standard InChI is InChI=1S/C16H17F/c1-11(2)16(3,4)15-13-8-6-5-7-12(13)9-10-14(15)17/h5-10H,1H2,2-4H3. The number of allylic oxidation sites excluding steroid dienone is 1. The largest absolute Gasteiger partial charge is 0.207 e. The van der Waals surface area contributed by atoms with Crippen molar-refractivity contribution in [2.24, 2.45) is 0 Å². The van der Waals surface area contributed by atoms with E-state index in [-0.39, 0.29) is 11.2 Å². The van der Waals surface area contributed by atoms with Crippen molar-refractivity contribution in [1.29, 1.82) is 0 Å². The summed E-state index contributed by atoms with van der Waals surface area (Å²) in [6, 6.07) is 11.3. The van der Waals surface area contributed by atoms with Gasteiger partial charge in [-0.2, -0.15) is 0 Å². The van der Waals surface area contributed by atoms with E-state index in [1.165, 1.54) is 0 Å². The smallest absolute Gasteiger partial charge is 0.127 e. The molecule has 0 aromatic heterocycles. The van der Waals surface area contributed by atoms with Crippen LogP contribution in [-0.4, -0.2) is 0 Å². The highest BCUT2D eigenvalue weighted by Crippen LogP contribution is 2.36. The van der Waals surface area contributed by atoms with Crippen LogP contribution in [0.25, 0.3) is 10.8 Å². The molecule has 0 amide bonds. The van der Waals surface area contributed by atoms with E-state index in [2.05, 4.69) is 6.58 Å². The summed E-state index contributed by atoms with van der Waals surface area (Å²) < 4.78 is 14.1. The lowest BCUT2D eigenvalue weighted by Gasteiger charge is -2.28. The van der Waals surface area contributed by atoms with Crippen LogP contribution in [0.2, 0.25) is 0 Å². The molecule has 2 rings (SSSR count). The van der Waals surface area contributed by atoms with Gasteiger partial charge >= 0.3 is 0 Å². The Balaban J connectivity index is 2.84. The van der Waals surface area contributed by atoms with E-state index in [4.69, 9.17) is 0 Å². The van der Waals surface area contributed by atoms with Crippen LogP contribution in [0, 0.1) is 5.82 Å². The summed E-state index contributed by atoms with van der Waals surface area (Å²) in [7, 11) is 0. The zero-order chi connectivity index (χ0) is 12.6. The highest BCUT2D eigenvalue weighted by molar-refractivity contribution is 5.87. The zero-order valence-electron chi connectivity index (χ0n) is 10.5. The Labute approximate surface area is 102 Å². The van der Waals surface area contributed by atoms with Crippen LogP contribution in [0.3, 0.4) is 0 Å². The first-order chi connectivity index (χ1) is 7.94. The van der Waals surface area contributed by atoms with Crippen LogP contribution in [-0.2, 0) is 5.41 Å². The van der Waals surface area contributed by atoms with Gasteiger partial charge in [-0.15, -0.1) is 0 Å². The molecule has 0 atom stereocenters. The van der Waals surface area contributed by atoms with E-state index in [0.29, 0.717) is 0 Å². The number of rotatable bonds is 2. The molecule has 0 N–H and O–H groups in total. The Bertz CT molecular complexity index is 579. The summed E-state index contributed by atoms with van der Waals surface area (Å²) in [5, 5.41) is 2.04. The van der Waals surface area contributed by atoms with Crippen molar-refractivity contribution >= 4 is 10.8 Å². The molecule has 0 fully saturated rings. The Hall–Kier alpha value is -1.63. The first kappa shape index (κ1) is 11.8. The van der Waals surface area contributed by atoms with Crippen LogP contribution >= 0.6 is 0 Å². The van der Waals surface area contributed by atoms with Gasteiger partial charge in [0.15, 0.2) is 0 Å². The minimum absolute atomic E-state index is 0.156. The molecule has 2 aromatic rings. The molecule has 0 radical (unpaired) electrons. The van der Waals surface area contributed by atoms with Crippen molar-refractivity contribution < 1.29 is 4.39 Å². The SMILES string of the molecule is C=C(C)C(C)(C)c1c(F)ccc2ccccc12. The van der Waals surface area contributed by atoms with Gasteiger partial charge in [-0.05, 0) is 23.8 Å². The molecule has 0 saturated carbocycles. The van der Waals surface area contributed by atoms with Crippen molar-refractivity contribution in [2.75, 3.05) is 0 Å². The van der Waals surface area contributed by atoms with E-state index in [1.807, 2.05) is 51.1 Å². The maximum atomic E-state index is 14.1. The normalized spacial score (nSPS) is 11.8. The van der Waals surface area contributed by atoms with E-state index >= 15 is 0 Å². The van der Waals surface area contributed by atoms with Crippen molar-refractivity contribution in [2.45, 2.75) is 26.2 Å². The Kier molecular flexibility index (Phi) is 2.78. The third-order valence-corrected chi connectivity index (χ3v) is 3.57. The number of hydrogen-bond donors (Lipinski definition) is 0. The van der Waals surface area contributed by atoms with Crippen molar-refractivity contribution in [1.82, 2.24) is 0 Å². The molecule has 0 heterocycles. The van der Waals surface area contributed by atoms with Gasteiger partial charge in [-0.3, -0.25) is 0 Å². The lowest BCUT2D eigenvalue weighted by atomic mass is 9.76. The van der Waals surface area contributed by atoms with Crippen molar-refractivity contribution in [3.63, 3.8) is 0 Å². The minimum atomic E-state index is -0.356. The Morgan fingerprint density at radius 1 is 1.12 bits per heavy atom. The number of halogens is 1. The third kappa shape index (κ3) is 1.86. The highest BCUT2D eigenvalue weighted by atomic mass is 19.1. The topological polar surface area (TPSA) is 0 Å². The average Bonchev–Trinajstić information content (AvgIpc) is 2.28. The lowest BCUT2D eigenvalue weighted by Crippen LogP contribution is -2.20. The van der Waals surface area contributed by atoms with Crippen molar-refractivity contribution in [3.8, 4) is 0 Å². The molecule has 0 nitrogen and oxygen atoms in total. The minimum Gasteiger partial charge on any atom is -0.207 e. The molecule has 17 heavy (non-hydrogen) atoms. The zero-order valence-corrected chi connectivity index (χ0v) is 10.5. The summed E-state index contributed by atoms with van der Waals surface area (Å²) in [6.45, 7) is 9.96. The number of hydrogen-bond acceptors (Lipinski definition) is 0. The second-order valence-electron chi connectivity index (χ2n) is 5.05. The van der Waals surface area contributed by atoms with E-state index in [1.54, 1.807) is 6.07 Å². The second kappa shape index (κ2) is 3.99. The summed E-state index contributed by atoms with van der Waals surface area (Å²) in [5.41, 5.74) is 1.35. The molecule has 0 saturated heterocycles. The van der Waals surface area contributed by atoms with Gasteiger partial charge in [0.1, 0.15) is 5.82 Å². The molecule has 1 heteroatoms. The number of benzene rings is 2. The maximum Gasteiger partial charge on any atom is 0.127 e. The molecule has 0 unspecified atom stereocenters. The van der Waals surface area contributed by atoms with Crippen LogP contribution in [0.1, 0.15) is 26.3 Å². The van der Waals surface area contributed by atoms with Crippen molar-refractivity contribution in [3.05, 3.63) is 59.9 Å². The Morgan fingerprint density at radius 3 is 2.41 bits per heavy atom. The molecular weight excluding hydrogens is 211 g/mol. The third-order valence-electron chi connectivity index (χ3n) is 3.57. The van der Waals surface area contributed by atoms with Gasteiger partial charge in [-0.1, -0.05) is 56.3 Å². The molecule has 2 aromatic carbocycles. The fourth-order valence-corrected chi connectivity index (χ4v) is 2.09. The van der Waals surface area contributed by atoms with Gasteiger partial charge in [0.25, 0.3) is 0 Å². The van der Waals surface area contributed by atoms with Crippen LogP contribution in [0.5, 0.6) is 0 Å². The van der Waals surface area contributed by atoms with Gasteiger partial charge in [0.05, 0.1) is 0 Å². The van der Waals surface area contributed by atoms with Crippen LogP contribution in [0.15, 0.2) is 48.6 Å². The predicted octanol–water partition coefficient (Wildman–Crippen LogP) is 4.83. The molecule has 0 aliphatic rings. The fraction of sp³-hybridized carbons (Fsp3) is 0.250. The van der Waals surface area contributed by atoms with Gasteiger partial charge < -0.3 is 0 Å². The molecule has 0 aliphatic heterocycles. The monoisotopic (exact) mass is 228 g/mol. The number of fused-ring (bicyclic) bond motifs is 1. The summed E-state index contributed by atoms with van der Waals surface area (Å²) >= 11 is 0. The first-order valence-electron chi connectivity index (χ1n) is 5.78. The van der Waals surface area contributed by atoms with Gasteiger partial charge in [0.2, 0.25) is 0 Å². The van der Waals surface area contributed by atoms with Gasteiger partial charge in [0, 0.05) is 11.0 Å². The molecular formula is C16H17F. The summed E-state index contributed by atoms with van der Waals surface area (Å²) in [6.07, 6.45) is 0. The highest BCUT2D eigenvalue weighted by Gasteiger charge is 2.26. The average molecular weight is 228 g/mol. The Morgan fingerprint density at radius 2 is 1.76 bits per heavy atom. The first-order valence-corrected chi connectivity index (χ1v) is 5.78. The van der Waals surface area contributed by atoms with E-state index in [0.717, 1.165) is 21.9 Å². The van der Waals surface area contributed by atoms with Gasteiger partial charge in [-0.25, -0.2) is 4.39 Å². The fourth-order valence-electron chi connectivity index (χ4n) is 2.09. The summed E-state index contributed by atoms with van der Waals surface area (Å²) in [4.78, 5) is 0. The molecule has 0 spiro atoms. The van der Waals surface area contributed by atoms with E-state index in [9.17, 15) is 4.39 Å². The maximum absolute atomic E-state index is 14.1. The summed E-state index contributed by atoms with van der Waals surface area (Å²) in [5.74, 6) is -0.156. The van der Waals surface area contributed by atoms with Crippen LogP contribution < -0.4 is 0 Å². The quantitative estimate of drug-likeness (QED) is 0.646. The second-order valence-corrected chi connectivity index (χ2v) is 5.05.